The predicted octanol–water partition coefficient (Wildman–Crippen LogP) is 1.93. The maximum atomic E-state index is 13.3. The zero-order chi connectivity index (χ0) is 15.3. The standard InChI is InChI=1S/C13H19ClFNO3S/c1-3-20(18,19)8-9(2)16-7-13(17)10-4-5-11(14)12(15)6-10/h4-6,9,13,16-17H,3,7-8H2,1-2H3. The van der Waals surface area contributed by atoms with Crippen LogP contribution in [-0.2, 0) is 9.84 Å². The summed E-state index contributed by atoms with van der Waals surface area (Å²) in [5, 5.41) is 12.8. The lowest BCUT2D eigenvalue weighted by Crippen LogP contribution is -2.36. The molecule has 1 rings (SSSR count). The van der Waals surface area contributed by atoms with E-state index in [0.717, 1.165) is 0 Å². The molecule has 0 spiro atoms. The Morgan fingerprint density at radius 2 is 2.10 bits per heavy atom. The fourth-order valence-electron chi connectivity index (χ4n) is 1.71. The number of hydrogen-bond donors (Lipinski definition) is 2. The summed E-state index contributed by atoms with van der Waals surface area (Å²) in [6.07, 6.45) is -0.923. The maximum Gasteiger partial charge on any atom is 0.151 e. The number of aliphatic hydroxyl groups is 1. The summed E-state index contributed by atoms with van der Waals surface area (Å²) in [7, 11) is -3.07. The van der Waals surface area contributed by atoms with Crippen molar-refractivity contribution in [2.45, 2.75) is 26.0 Å². The quantitative estimate of drug-likeness (QED) is 0.804. The van der Waals surface area contributed by atoms with Gasteiger partial charge in [0.2, 0.25) is 0 Å². The van der Waals surface area contributed by atoms with Crippen LogP contribution in [0.1, 0.15) is 25.5 Å². The number of benzene rings is 1. The highest BCUT2D eigenvalue weighted by Gasteiger charge is 2.16. The lowest BCUT2D eigenvalue weighted by molar-refractivity contribution is 0.171. The number of sulfone groups is 1. The first-order valence-corrected chi connectivity index (χ1v) is 8.52. The molecule has 0 radical (unpaired) electrons. The first-order valence-electron chi connectivity index (χ1n) is 6.32. The molecule has 0 bridgehead atoms. The summed E-state index contributed by atoms with van der Waals surface area (Å²) >= 11 is 5.56. The van der Waals surface area contributed by atoms with Crippen molar-refractivity contribution in [3.63, 3.8) is 0 Å². The zero-order valence-electron chi connectivity index (χ0n) is 11.4. The van der Waals surface area contributed by atoms with Gasteiger partial charge in [0.1, 0.15) is 5.82 Å². The molecule has 0 aliphatic rings. The lowest BCUT2D eigenvalue weighted by Gasteiger charge is -2.17. The molecule has 1 aromatic rings. The van der Waals surface area contributed by atoms with Gasteiger partial charge in [0.15, 0.2) is 9.84 Å². The van der Waals surface area contributed by atoms with Crippen LogP contribution >= 0.6 is 11.6 Å². The van der Waals surface area contributed by atoms with E-state index in [0.29, 0.717) is 5.56 Å². The highest BCUT2D eigenvalue weighted by Crippen LogP contribution is 2.19. The van der Waals surface area contributed by atoms with Crippen LogP contribution in [0.5, 0.6) is 0 Å². The molecule has 0 aliphatic carbocycles. The molecule has 0 saturated heterocycles. The Balaban J connectivity index is 2.54. The Bertz CT molecular complexity index is 551. The molecule has 0 aromatic heterocycles. The van der Waals surface area contributed by atoms with Crippen LogP contribution in [0.4, 0.5) is 4.39 Å². The molecule has 0 fully saturated rings. The topological polar surface area (TPSA) is 66.4 Å². The summed E-state index contributed by atoms with van der Waals surface area (Å²) in [6, 6.07) is 3.79. The second-order valence-corrected chi connectivity index (χ2v) is 7.50. The molecule has 0 heterocycles. The summed E-state index contributed by atoms with van der Waals surface area (Å²) in [5.41, 5.74) is 0.393. The van der Waals surface area contributed by atoms with Crippen molar-refractivity contribution in [3.05, 3.63) is 34.6 Å². The largest absolute Gasteiger partial charge is 0.387 e. The molecule has 2 unspecified atom stereocenters. The van der Waals surface area contributed by atoms with Crippen LogP contribution < -0.4 is 5.32 Å². The molecular formula is C13H19ClFNO3S. The molecule has 114 valence electrons. The highest BCUT2D eigenvalue weighted by atomic mass is 35.5. The van der Waals surface area contributed by atoms with Crippen molar-refractivity contribution < 1.29 is 17.9 Å². The third-order valence-corrected chi connectivity index (χ3v) is 5.13. The molecule has 0 amide bonds. The van der Waals surface area contributed by atoms with Crippen molar-refractivity contribution in [3.8, 4) is 0 Å². The van der Waals surface area contributed by atoms with Gasteiger partial charge in [0.05, 0.1) is 16.9 Å². The zero-order valence-corrected chi connectivity index (χ0v) is 13.0. The van der Waals surface area contributed by atoms with E-state index in [1.807, 2.05) is 0 Å². The molecule has 20 heavy (non-hydrogen) atoms. The first kappa shape index (κ1) is 17.4. The monoisotopic (exact) mass is 323 g/mol. The SMILES string of the molecule is CCS(=O)(=O)CC(C)NCC(O)c1ccc(Cl)c(F)c1. The minimum absolute atomic E-state index is 0.00341. The van der Waals surface area contributed by atoms with Crippen molar-refractivity contribution in [1.29, 1.82) is 0 Å². The summed E-state index contributed by atoms with van der Waals surface area (Å²) in [5.74, 6) is -0.500. The summed E-state index contributed by atoms with van der Waals surface area (Å²) < 4.78 is 36.1. The number of rotatable bonds is 7. The van der Waals surface area contributed by atoms with Crippen molar-refractivity contribution in [2.75, 3.05) is 18.1 Å². The Kier molecular flexibility index (Phi) is 6.39. The normalized spacial score (nSPS) is 15.1. The second-order valence-electron chi connectivity index (χ2n) is 4.70. The molecule has 0 aliphatic heterocycles. The fraction of sp³-hybridized carbons (Fsp3) is 0.538. The molecular weight excluding hydrogens is 305 g/mol. The highest BCUT2D eigenvalue weighted by molar-refractivity contribution is 7.91. The first-order chi connectivity index (χ1) is 9.25. The summed E-state index contributed by atoms with van der Waals surface area (Å²) in [4.78, 5) is 0. The Morgan fingerprint density at radius 3 is 2.65 bits per heavy atom. The molecule has 4 nitrogen and oxygen atoms in total. The number of nitrogens with one attached hydrogen (secondary N) is 1. The molecule has 0 saturated carbocycles. The van der Waals surface area contributed by atoms with Gasteiger partial charge in [-0.2, -0.15) is 0 Å². The number of hydrogen-bond acceptors (Lipinski definition) is 4. The van der Waals surface area contributed by atoms with E-state index < -0.39 is 21.8 Å². The Hall–Kier alpha value is -0.690. The van der Waals surface area contributed by atoms with E-state index in [2.05, 4.69) is 5.32 Å². The smallest absolute Gasteiger partial charge is 0.151 e. The van der Waals surface area contributed by atoms with Gasteiger partial charge in [-0.25, -0.2) is 12.8 Å². The third kappa shape index (κ3) is 5.36. The van der Waals surface area contributed by atoms with E-state index in [4.69, 9.17) is 11.6 Å². The van der Waals surface area contributed by atoms with Gasteiger partial charge in [-0.1, -0.05) is 24.6 Å². The minimum Gasteiger partial charge on any atom is -0.387 e. The van der Waals surface area contributed by atoms with Gasteiger partial charge in [-0.3, -0.25) is 0 Å². The second kappa shape index (κ2) is 7.36. The van der Waals surface area contributed by atoms with Crippen LogP contribution in [0, 0.1) is 5.82 Å². The van der Waals surface area contributed by atoms with Gasteiger partial charge < -0.3 is 10.4 Å². The maximum absolute atomic E-state index is 13.3. The van der Waals surface area contributed by atoms with Gasteiger partial charge >= 0.3 is 0 Å². The average molecular weight is 324 g/mol. The molecule has 7 heteroatoms. The number of halogens is 2. The fourth-order valence-corrected chi connectivity index (χ4v) is 2.94. The van der Waals surface area contributed by atoms with Crippen LogP contribution in [0.15, 0.2) is 18.2 Å². The molecule has 2 N–H and O–H groups in total. The molecule has 2 atom stereocenters. The molecule has 1 aromatic carbocycles. The lowest BCUT2D eigenvalue weighted by atomic mass is 10.1. The summed E-state index contributed by atoms with van der Waals surface area (Å²) in [6.45, 7) is 3.46. The van der Waals surface area contributed by atoms with Crippen LogP contribution in [-0.4, -0.2) is 37.6 Å². The van der Waals surface area contributed by atoms with Crippen LogP contribution in [0.25, 0.3) is 0 Å². The minimum atomic E-state index is -3.07. The van der Waals surface area contributed by atoms with E-state index in [1.54, 1.807) is 13.8 Å². The van der Waals surface area contributed by atoms with Crippen molar-refractivity contribution in [1.82, 2.24) is 5.32 Å². The van der Waals surface area contributed by atoms with Crippen LogP contribution in [0.2, 0.25) is 5.02 Å². The third-order valence-electron chi connectivity index (χ3n) is 2.93. The number of aliphatic hydroxyl groups excluding tert-OH is 1. The van der Waals surface area contributed by atoms with Crippen LogP contribution in [0.3, 0.4) is 0 Å². The van der Waals surface area contributed by atoms with Crippen molar-refractivity contribution >= 4 is 21.4 Å². The van der Waals surface area contributed by atoms with E-state index in [9.17, 15) is 17.9 Å². The van der Waals surface area contributed by atoms with Crippen molar-refractivity contribution in [2.24, 2.45) is 0 Å². The van der Waals surface area contributed by atoms with E-state index >= 15 is 0 Å². The predicted molar refractivity (Wildman–Crippen MR) is 78.2 cm³/mol. The van der Waals surface area contributed by atoms with Gasteiger partial charge in [0, 0.05) is 18.3 Å². The Labute approximate surface area is 123 Å². The Morgan fingerprint density at radius 1 is 1.45 bits per heavy atom. The van der Waals surface area contributed by atoms with Gasteiger partial charge in [-0.15, -0.1) is 0 Å². The average Bonchev–Trinajstić information content (AvgIpc) is 2.38. The van der Waals surface area contributed by atoms with Gasteiger partial charge in [-0.05, 0) is 24.6 Å². The van der Waals surface area contributed by atoms with E-state index in [-0.39, 0.29) is 29.1 Å². The van der Waals surface area contributed by atoms with E-state index in [1.165, 1.54) is 18.2 Å². The van der Waals surface area contributed by atoms with Gasteiger partial charge in [0.25, 0.3) is 0 Å².